The number of likely N-dealkylation sites (tertiary alicyclic amines) is 1. The minimum Gasteiger partial charge on any atom is -0.484 e. The van der Waals surface area contributed by atoms with Gasteiger partial charge in [-0.3, -0.25) is 9.89 Å². The molecule has 2 aliphatic rings. The van der Waals surface area contributed by atoms with Gasteiger partial charge in [0.2, 0.25) is 0 Å². The molecule has 1 aliphatic heterocycles. The zero-order chi connectivity index (χ0) is 19.6. The third-order valence-electron chi connectivity index (χ3n) is 6.12. The molecule has 28 heavy (non-hydrogen) atoms. The molecule has 2 aromatic rings. The summed E-state index contributed by atoms with van der Waals surface area (Å²) in [5.74, 6) is 2.08. The maximum Gasteiger partial charge on any atom is 0.260 e. The van der Waals surface area contributed by atoms with Gasteiger partial charge in [0, 0.05) is 25.4 Å². The number of aromatic nitrogens is 3. The Hall–Kier alpha value is -2.44. The fourth-order valence-electron chi connectivity index (χ4n) is 4.68. The van der Waals surface area contributed by atoms with Gasteiger partial charge >= 0.3 is 0 Å². The number of halogens is 1. The summed E-state index contributed by atoms with van der Waals surface area (Å²) in [5, 5.41) is 7.56. The van der Waals surface area contributed by atoms with E-state index in [9.17, 15) is 9.18 Å². The number of carbonyl (C=O) groups excluding carboxylic acids is 1. The highest BCUT2D eigenvalue weighted by Crippen LogP contribution is 2.52. The van der Waals surface area contributed by atoms with Crippen molar-refractivity contribution >= 4 is 5.91 Å². The molecule has 2 heterocycles. The third kappa shape index (κ3) is 3.75. The molecule has 150 valence electrons. The maximum absolute atomic E-state index is 13.0. The van der Waals surface area contributed by atoms with E-state index >= 15 is 0 Å². The number of carbonyl (C=O) groups is 1. The molecule has 1 N–H and O–H groups in total. The highest BCUT2D eigenvalue weighted by atomic mass is 19.1. The van der Waals surface area contributed by atoms with Crippen molar-refractivity contribution in [3.8, 4) is 5.75 Å². The van der Waals surface area contributed by atoms with Crippen molar-refractivity contribution in [2.45, 2.75) is 51.4 Å². The van der Waals surface area contributed by atoms with Crippen molar-refractivity contribution in [2.24, 2.45) is 5.41 Å². The van der Waals surface area contributed by atoms with E-state index in [1.165, 1.54) is 37.1 Å². The Morgan fingerprint density at radius 3 is 2.79 bits per heavy atom. The van der Waals surface area contributed by atoms with E-state index < -0.39 is 0 Å². The molecule has 1 aromatic carbocycles. The average molecular weight is 386 g/mol. The normalized spacial score (nSPS) is 20.8. The van der Waals surface area contributed by atoms with Gasteiger partial charge in [0.1, 0.15) is 17.4 Å². The Morgan fingerprint density at radius 1 is 1.32 bits per heavy atom. The predicted molar refractivity (Wildman–Crippen MR) is 102 cm³/mol. The second kappa shape index (κ2) is 7.89. The summed E-state index contributed by atoms with van der Waals surface area (Å²) in [4.78, 5) is 19.4. The van der Waals surface area contributed by atoms with Crippen LogP contribution in [-0.2, 0) is 11.2 Å². The Balaban J connectivity index is 1.45. The van der Waals surface area contributed by atoms with Crippen LogP contribution in [0.1, 0.15) is 56.6 Å². The average Bonchev–Trinajstić information content (AvgIpc) is 3.43. The van der Waals surface area contributed by atoms with Crippen LogP contribution in [0.2, 0.25) is 0 Å². The van der Waals surface area contributed by atoms with E-state index in [0.29, 0.717) is 12.3 Å². The first-order valence-electron chi connectivity index (χ1n) is 10.2. The van der Waals surface area contributed by atoms with Gasteiger partial charge in [-0.25, -0.2) is 9.37 Å². The standard InChI is InChI=1S/C21H27FN4O2/c1-2-5-18-23-20(25-24-18)17-12-26(14-21(17)10-3-4-11-21)19(27)13-28-16-8-6-15(22)7-9-16/h6-9,17H,2-5,10-14H2,1H3,(H,23,24,25). The van der Waals surface area contributed by atoms with Gasteiger partial charge in [-0.05, 0) is 48.9 Å². The molecule has 7 heteroatoms. The largest absolute Gasteiger partial charge is 0.484 e. The summed E-state index contributed by atoms with van der Waals surface area (Å²) in [7, 11) is 0. The van der Waals surface area contributed by atoms with Crippen LogP contribution >= 0.6 is 0 Å². The summed E-state index contributed by atoms with van der Waals surface area (Å²) in [6, 6.07) is 5.74. The lowest BCUT2D eigenvalue weighted by Gasteiger charge is -2.27. The summed E-state index contributed by atoms with van der Waals surface area (Å²) in [6.07, 6.45) is 6.51. The Bertz CT molecular complexity index is 814. The monoisotopic (exact) mass is 386 g/mol. The van der Waals surface area contributed by atoms with Crippen LogP contribution in [0.5, 0.6) is 5.75 Å². The van der Waals surface area contributed by atoms with Gasteiger partial charge in [0.25, 0.3) is 5.91 Å². The lowest BCUT2D eigenvalue weighted by atomic mass is 9.76. The van der Waals surface area contributed by atoms with Crippen LogP contribution < -0.4 is 4.74 Å². The molecule has 0 bridgehead atoms. The smallest absolute Gasteiger partial charge is 0.260 e. The minimum absolute atomic E-state index is 0.0382. The third-order valence-corrected chi connectivity index (χ3v) is 6.12. The predicted octanol–water partition coefficient (Wildman–Crippen LogP) is 3.46. The van der Waals surface area contributed by atoms with E-state index in [1.807, 2.05) is 4.90 Å². The maximum atomic E-state index is 13.0. The van der Waals surface area contributed by atoms with Crippen LogP contribution in [0.15, 0.2) is 24.3 Å². The number of benzene rings is 1. The molecule has 2 fully saturated rings. The molecular formula is C21H27FN4O2. The molecule has 1 aromatic heterocycles. The van der Waals surface area contributed by atoms with Crippen LogP contribution in [-0.4, -0.2) is 45.7 Å². The van der Waals surface area contributed by atoms with Crippen molar-refractivity contribution < 1.29 is 13.9 Å². The minimum atomic E-state index is -0.321. The molecule has 6 nitrogen and oxygen atoms in total. The first kappa shape index (κ1) is 18.9. The molecule has 1 amide bonds. The van der Waals surface area contributed by atoms with Gasteiger partial charge < -0.3 is 9.64 Å². The number of amides is 1. The summed E-state index contributed by atoms with van der Waals surface area (Å²) >= 11 is 0. The summed E-state index contributed by atoms with van der Waals surface area (Å²) in [5.41, 5.74) is 0.0806. The molecule has 1 saturated heterocycles. The van der Waals surface area contributed by atoms with Crippen LogP contribution in [0.25, 0.3) is 0 Å². The highest BCUT2D eigenvalue weighted by Gasteiger charge is 2.51. The number of aryl methyl sites for hydroxylation is 1. The molecule has 1 saturated carbocycles. The van der Waals surface area contributed by atoms with Gasteiger partial charge in [0.05, 0.1) is 0 Å². The molecule has 1 atom stereocenters. The molecular weight excluding hydrogens is 359 g/mol. The Kier molecular flexibility index (Phi) is 5.33. The van der Waals surface area contributed by atoms with Gasteiger partial charge in [-0.2, -0.15) is 5.10 Å². The Morgan fingerprint density at radius 2 is 2.07 bits per heavy atom. The topological polar surface area (TPSA) is 71.1 Å². The second-order valence-electron chi connectivity index (χ2n) is 8.03. The number of hydrogen-bond donors (Lipinski definition) is 1. The van der Waals surface area contributed by atoms with Crippen molar-refractivity contribution in [3.05, 3.63) is 41.7 Å². The molecule has 1 aliphatic carbocycles. The van der Waals surface area contributed by atoms with E-state index in [-0.39, 0.29) is 29.7 Å². The first-order valence-corrected chi connectivity index (χ1v) is 10.2. The fourth-order valence-corrected chi connectivity index (χ4v) is 4.68. The lowest BCUT2D eigenvalue weighted by Crippen LogP contribution is -2.34. The van der Waals surface area contributed by atoms with E-state index in [4.69, 9.17) is 9.72 Å². The quantitative estimate of drug-likeness (QED) is 0.825. The Labute approximate surface area is 164 Å². The van der Waals surface area contributed by atoms with Gasteiger partial charge in [-0.1, -0.05) is 19.8 Å². The molecule has 4 rings (SSSR count). The number of hydrogen-bond acceptors (Lipinski definition) is 4. The van der Waals surface area contributed by atoms with Crippen LogP contribution in [0.3, 0.4) is 0 Å². The molecule has 1 spiro atoms. The van der Waals surface area contributed by atoms with Crippen LogP contribution in [0, 0.1) is 11.2 Å². The van der Waals surface area contributed by atoms with E-state index in [0.717, 1.165) is 43.9 Å². The van der Waals surface area contributed by atoms with Gasteiger partial charge in [0.15, 0.2) is 12.4 Å². The number of nitrogens with zero attached hydrogens (tertiary/aromatic N) is 3. The van der Waals surface area contributed by atoms with Gasteiger partial charge in [-0.15, -0.1) is 0 Å². The zero-order valence-electron chi connectivity index (χ0n) is 16.3. The molecule has 1 unspecified atom stereocenters. The fraction of sp³-hybridized carbons (Fsp3) is 0.571. The van der Waals surface area contributed by atoms with Crippen LogP contribution in [0.4, 0.5) is 4.39 Å². The zero-order valence-corrected chi connectivity index (χ0v) is 16.3. The van der Waals surface area contributed by atoms with Crippen molar-refractivity contribution in [1.82, 2.24) is 20.1 Å². The van der Waals surface area contributed by atoms with E-state index in [1.54, 1.807) is 0 Å². The van der Waals surface area contributed by atoms with E-state index in [2.05, 4.69) is 17.1 Å². The number of rotatable bonds is 6. The van der Waals surface area contributed by atoms with Crippen molar-refractivity contribution in [1.29, 1.82) is 0 Å². The SMILES string of the molecule is CCCc1nc(C2CN(C(=O)COc3ccc(F)cc3)CC23CCCC3)n[nH]1. The van der Waals surface area contributed by atoms with Crippen molar-refractivity contribution in [2.75, 3.05) is 19.7 Å². The molecule has 0 radical (unpaired) electrons. The second-order valence-corrected chi connectivity index (χ2v) is 8.03. The summed E-state index contributed by atoms with van der Waals surface area (Å²) < 4.78 is 18.6. The number of ether oxygens (including phenoxy) is 1. The first-order chi connectivity index (χ1) is 13.6. The number of nitrogens with one attached hydrogen (secondary N) is 1. The lowest BCUT2D eigenvalue weighted by molar-refractivity contribution is -0.132. The highest BCUT2D eigenvalue weighted by molar-refractivity contribution is 5.78. The number of aromatic amines is 1. The summed E-state index contributed by atoms with van der Waals surface area (Å²) in [6.45, 7) is 3.46. The number of H-pyrrole nitrogens is 1. The van der Waals surface area contributed by atoms with Crippen molar-refractivity contribution in [3.63, 3.8) is 0 Å².